The van der Waals surface area contributed by atoms with Crippen LogP contribution in [0.25, 0.3) is 0 Å². The lowest BCUT2D eigenvalue weighted by atomic mass is 9.74. The first-order valence-electron chi connectivity index (χ1n) is 11.6. The van der Waals surface area contributed by atoms with E-state index >= 15 is 0 Å². The van der Waals surface area contributed by atoms with Crippen molar-refractivity contribution >= 4 is 5.96 Å². The van der Waals surface area contributed by atoms with Crippen molar-refractivity contribution in [3.63, 3.8) is 0 Å². The van der Waals surface area contributed by atoms with E-state index in [0.29, 0.717) is 0 Å². The van der Waals surface area contributed by atoms with Crippen molar-refractivity contribution < 1.29 is 9.47 Å². The molecular formula is C24H40N4O2. The number of nitrogens with one attached hydrogen (secondary N) is 2. The molecule has 1 unspecified atom stereocenters. The van der Waals surface area contributed by atoms with Gasteiger partial charge in [-0.2, -0.15) is 0 Å². The predicted molar refractivity (Wildman–Crippen MR) is 124 cm³/mol. The van der Waals surface area contributed by atoms with Crippen molar-refractivity contribution in [1.82, 2.24) is 15.5 Å². The van der Waals surface area contributed by atoms with E-state index in [0.717, 1.165) is 69.9 Å². The minimum absolute atomic E-state index is 0.0609. The number of hydrogen-bond donors (Lipinski definition) is 2. The Labute approximate surface area is 182 Å². The zero-order valence-corrected chi connectivity index (χ0v) is 19.1. The molecule has 2 aliphatic heterocycles. The number of rotatable bonds is 8. The summed E-state index contributed by atoms with van der Waals surface area (Å²) in [5, 5.41) is 7.10. The van der Waals surface area contributed by atoms with Crippen molar-refractivity contribution in [2.45, 2.75) is 56.9 Å². The van der Waals surface area contributed by atoms with E-state index in [4.69, 9.17) is 9.47 Å². The van der Waals surface area contributed by atoms with Crippen LogP contribution in [0.3, 0.4) is 0 Å². The maximum atomic E-state index is 5.67. The summed E-state index contributed by atoms with van der Waals surface area (Å²) in [6.45, 7) is 8.17. The number of ether oxygens (including phenoxy) is 2. The van der Waals surface area contributed by atoms with Gasteiger partial charge in [0.1, 0.15) is 5.75 Å². The molecule has 0 aromatic heterocycles. The maximum Gasteiger partial charge on any atom is 0.191 e. The lowest BCUT2D eigenvalue weighted by molar-refractivity contribution is 0.0513. The highest BCUT2D eigenvalue weighted by Crippen LogP contribution is 2.35. The Bertz CT molecular complexity index is 656. The Morgan fingerprint density at radius 1 is 1.20 bits per heavy atom. The number of nitrogens with zero attached hydrogens (tertiary/aromatic N) is 2. The summed E-state index contributed by atoms with van der Waals surface area (Å²) < 4.78 is 11.0. The van der Waals surface area contributed by atoms with E-state index in [9.17, 15) is 0 Å². The molecule has 0 aliphatic carbocycles. The fourth-order valence-corrected chi connectivity index (χ4v) is 4.73. The Kier molecular flexibility index (Phi) is 8.82. The normalized spacial score (nSPS) is 22.5. The largest absolute Gasteiger partial charge is 0.497 e. The van der Waals surface area contributed by atoms with Crippen LogP contribution in [0.15, 0.2) is 29.3 Å². The second-order valence-corrected chi connectivity index (χ2v) is 8.71. The van der Waals surface area contributed by atoms with Crippen LogP contribution in [0.1, 0.15) is 51.0 Å². The number of piperidine rings is 1. The van der Waals surface area contributed by atoms with Crippen molar-refractivity contribution in [2.75, 3.05) is 53.6 Å². The Morgan fingerprint density at radius 3 is 2.63 bits per heavy atom. The highest BCUT2D eigenvalue weighted by molar-refractivity contribution is 5.79. The molecule has 3 rings (SSSR count). The minimum Gasteiger partial charge on any atom is -0.497 e. The summed E-state index contributed by atoms with van der Waals surface area (Å²) in [6, 6.07) is 9.24. The standard InChI is InChI=1S/C24H40N4O2/c1-20-7-4-5-15-28(20)16-6-14-26-23(25-2)27-19-24(12-17-30-18-13-24)21-8-10-22(29-3)11-9-21/h8-11,20H,4-7,12-19H2,1-3H3,(H2,25,26,27). The molecule has 0 amide bonds. The first-order chi connectivity index (χ1) is 14.7. The van der Waals surface area contributed by atoms with Gasteiger partial charge in [-0.05, 0) is 63.3 Å². The van der Waals surface area contributed by atoms with Crippen molar-refractivity contribution in [1.29, 1.82) is 0 Å². The molecule has 1 aromatic rings. The molecule has 6 nitrogen and oxygen atoms in total. The van der Waals surface area contributed by atoms with Gasteiger partial charge in [0.25, 0.3) is 0 Å². The number of guanidine groups is 1. The molecule has 1 aromatic carbocycles. The third kappa shape index (κ3) is 6.11. The molecule has 2 N–H and O–H groups in total. The van der Waals surface area contributed by atoms with Crippen LogP contribution in [0.4, 0.5) is 0 Å². The fraction of sp³-hybridized carbons (Fsp3) is 0.708. The zero-order valence-electron chi connectivity index (χ0n) is 19.1. The molecule has 2 heterocycles. The first-order valence-corrected chi connectivity index (χ1v) is 11.6. The number of aliphatic imine (C=N–C) groups is 1. The summed E-state index contributed by atoms with van der Waals surface area (Å²) in [7, 11) is 3.56. The van der Waals surface area contributed by atoms with Gasteiger partial charge in [0.2, 0.25) is 0 Å². The van der Waals surface area contributed by atoms with Gasteiger partial charge in [-0.25, -0.2) is 0 Å². The van der Waals surface area contributed by atoms with Gasteiger partial charge in [-0.15, -0.1) is 0 Å². The van der Waals surface area contributed by atoms with Crippen LogP contribution in [0.5, 0.6) is 5.75 Å². The molecule has 2 saturated heterocycles. The van der Waals surface area contributed by atoms with Gasteiger partial charge in [0.15, 0.2) is 5.96 Å². The number of methoxy groups -OCH3 is 1. The average Bonchev–Trinajstić information content (AvgIpc) is 2.80. The molecule has 0 spiro atoms. The zero-order chi connectivity index (χ0) is 21.2. The van der Waals surface area contributed by atoms with Crippen LogP contribution in [-0.2, 0) is 10.2 Å². The van der Waals surface area contributed by atoms with E-state index in [1.54, 1.807) is 7.11 Å². The third-order valence-corrected chi connectivity index (χ3v) is 6.83. The molecular weight excluding hydrogens is 376 g/mol. The first kappa shape index (κ1) is 22.9. The smallest absolute Gasteiger partial charge is 0.191 e. The number of hydrogen-bond acceptors (Lipinski definition) is 4. The molecule has 0 saturated carbocycles. The van der Waals surface area contributed by atoms with Gasteiger partial charge in [0.05, 0.1) is 7.11 Å². The molecule has 0 bridgehead atoms. The van der Waals surface area contributed by atoms with Crippen molar-refractivity contribution in [2.24, 2.45) is 4.99 Å². The van der Waals surface area contributed by atoms with Crippen LogP contribution < -0.4 is 15.4 Å². The molecule has 30 heavy (non-hydrogen) atoms. The second kappa shape index (κ2) is 11.6. The van der Waals surface area contributed by atoms with Gasteiger partial charge >= 0.3 is 0 Å². The van der Waals surface area contributed by atoms with Gasteiger partial charge in [-0.1, -0.05) is 18.6 Å². The van der Waals surface area contributed by atoms with Gasteiger partial charge < -0.3 is 25.0 Å². The quantitative estimate of drug-likeness (QED) is 0.387. The van der Waals surface area contributed by atoms with E-state index in [1.165, 1.54) is 31.4 Å². The van der Waals surface area contributed by atoms with Gasteiger partial charge in [0, 0.05) is 51.4 Å². The molecule has 1 atom stereocenters. The summed E-state index contributed by atoms with van der Waals surface area (Å²) in [5.41, 5.74) is 1.40. The lowest BCUT2D eigenvalue weighted by Crippen LogP contribution is -2.48. The minimum atomic E-state index is 0.0609. The molecule has 168 valence electrons. The van der Waals surface area contributed by atoms with E-state index in [-0.39, 0.29) is 5.41 Å². The van der Waals surface area contributed by atoms with Crippen LogP contribution >= 0.6 is 0 Å². The van der Waals surface area contributed by atoms with Gasteiger partial charge in [-0.3, -0.25) is 4.99 Å². The fourth-order valence-electron chi connectivity index (χ4n) is 4.73. The summed E-state index contributed by atoms with van der Waals surface area (Å²) in [6.07, 6.45) is 7.23. The van der Waals surface area contributed by atoms with E-state index in [1.807, 2.05) is 7.05 Å². The molecule has 2 fully saturated rings. The monoisotopic (exact) mass is 416 g/mol. The van der Waals surface area contributed by atoms with Crippen LogP contribution in [0.2, 0.25) is 0 Å². The molecule has 0 radical (unpaired) electrons. The topological polar surface area (TPSA) is 58.1 Å². The SMILES string of the molecule is CN=C(NCCCN1CCCCC1C)NCC1(c2ccc(OC)cc2)CCOCC1. The average molecular weight is 417 g/mol. The summed E-state index contributed by atoms with van der Waals surface area (Å²) >= 11 is 0. The van der Waals surface area contributed by atoms with Crippen molar-refractivity contribution in [3.8, 4) is 5.75 Å². The summed E-state index contributed by atoms with van der Waals surface area (Å²) in [4.78, 5) is 7.08. The highest BCUT2D eigenvalue weighted by Gasteiger charge is 2.34. The predicted octanol–water partition coefficient (Wildman–Crippen LogP) is 3.17. The molecule has 2 aliphatic rings. The maximum absolute atomic E-state index is 5.67. The second-order valence-electron chi connectivity index (χ2n) is 8.71. The van der Waals surface area contributed by atoms with E-state index < -0.39 is 0 Å². The summed E-state index contributed by atoms with van der Waals surface area (Å²) in [5.74, 6) is 1.79. The third-order valence-electron chi connectivity index (χ3n) is 6.83. The van der Waals surface area contributed by atoms with E-state index in [2.05, 4.69) is 51.7 Å². The number of likely N-dealkylation sites (tertiary alicyclic amines) is 1. The van der Waals surface area contributed by atoms with Crippen molar-refractivity contribution in [3.05, 3.63) is 29.8 Å². The number of benzene rings is 1. The lowest BCUT2D eigenvalue weighted by Gasteiger charge is -2.38. The highest BCUT2D eigenvalue weighted by atomic mass is 16.5. The Balaban J connectivity index is 1.50. The van der Waals surface area contributed by atoms with Crippen LogP contribution in [0, 0.1) is 0 Å². The molecule has 6 heteroatoms. The van der Waals surface area contributed by atoms with Crippen LogP contribution in [-0.4, -0.2) is 70.5 Å². The Morgan fingerprint density at radius 2 is 1.97 bits per heavy atom. The Hall–Kier alpha value is -1.79.